The van der Waals surface area contributed by atoms with E-state index in [-0.39, 0.29) is 24.2 Å². The summed E-state index contributed by atoms with van der Waals surface area (Å²) >= 11 is 0. The molecule has 218 valence electrons. The van der Waals surface area contributed by atoms with Crippen molar-refractivity contribution < 1.29 is 34.5 Å². The molecule has 3 unspecified atom stereocenters. The van der Waals surface area contributed by atoms with Crippen LogP contribution in [-0.2, 0) is 27.2 Å². The van der Waals surface area contributed by atoms with E-state index in [1.54, 1.807) is 19.0 Å². The standard InChI is InChI=1S/C30H41N3O7/c1-32(2)19-13-15(10-9-14-7-5-6-8-14)24(34)21-17(19)11-16-12-18-23(33(3)4)26(36)22(29(31)39)28(38)30(18,40)27(37)20(16)25(21)35/h13-14,16,18,20,22-23,26,34,36,40H,5-12H2,1-4H3,(H2,31,39)/t16-,18-,20?,22?,23-,26?,30-/m1/s1. The molecule has 5 rings (SSSR count). The van der Waals surface area contributed by atoms with Crippen LogP contribution in [0, 0.1) is 29.6 Å². The normalized spacial score (nSPS) is 34.0. The third kappa shape index (κ3) is 4.18. The van der Waals surface area contributed by atoms with Gasteiger partial charge in [0.05, 0.1) is 17.6 Å². The number of fused-ring (bicyclic) bond motifs is 3. The number of benzene rings is 1. The molecule has 4 aliphatic rings. The van der Waals surface area contributed by atoms with Crippen LogP contribution in [0.25, 0.3) is 0 Å². The van der Waals surface area contributed by atoms with Gasteiger partial charge >= 0.3 is 0 Å². The summed E-state index contributed by atoms with van der Waals surface area (Å²) in [5, 5.41) is 34.2. The molecular weight excluding hydrogens is 514 g/mol. The number of carbonyl (C=O) groups is 4. The van der Waals surface area contributed by atoms with Crippen molar-refractivity contribution in [3.8, 4) is 5.75 Å². The van der Waals surface area contributed by atoms with Crippen molar-refractivity contribution in [1.29, 1.82) is 0 Å². The molecule has 0 spiro atoms. The molecule has 0 aromatic heterocycles. The van der Waals surface area contributed by atoms with Gasteiger partial charge < -0.3 is 30.9 Å². The van der Waals surface area contributed by atoms with Crippen molar-refractivity contribution in [2.24, 2.45) is 35.3 Å². The highest BCUT2D eigenvalue weighted by atomic mass is 16.3. The van der Waals surface area contributed by atoms with Crippen LogP contribution in [0.3, 0.4) is 0 Å². The van der Waals surface area contributed by atoms with Gasteiger partial charge in [-0.25, -0.2) is 0 Å². The lowest BCUT2D eigenvalue weighted by Crippen LogP contribution is -2.75. The lowest BCUT2D eigenvalue weighted by Gasteiger charge is -2.55. The Morgan fingerprint density at radius 3 is 2.33 bits per heavy atom. The van der Waals surface area contributed by atoms with Crippen molar-refractivity contribution in [3.63, 3.8) is 0 Å². The summed E-state index contributed by atoms with van der Waals surface area (Å²) < 4.78 is 0. The van der Waals surface area contributed by atoms with Gasteiger partial charge in [0, 0.05) is 31.7 Å². The monoisotopic (exact) mass is 555 g/mol. The average Bonchev–Trinajstić information content (AvgIpc) is 3.39. The number of aromatic hydroxyl groups is 1. The molecular formula is C30H41N3O7. The van der Waals surface area contributed by atoms with Crippen LogP contribution >= 0.6 is 0 Å². The maximum atomic E-state index is 14.1. The van der Waals surface area contributed by atoms with Gasteiger partial charge in [-0.3, -0.25) is 19.2 Å². The molecule has 0 bridgehead atoms. The van der Waals surface area contributed by atoms with Crippen molar-refractivity contribution in [2.75, 3.05) is 33.1 Å². The lowest BCUT2D eigenvalue weighted by molar-refractivity contribution is -0.190. The number of ketones is 3. The first-order valence-corrected chi connectivity index (χ1v) is 14.3. The zero-order chi connectivity index (χ0) is 29.3. The Hall–Kier alpha value is -2.82. The minimum absolute atomic E-state index is 0.0863. The van der Waals surface area contributed by atoms with Gasteiger partial charge in [0.1, 0.15) is 11.7 Å². The number of likely N-dealkylation sites (N-methyl/N-ethyl adjacent to an activating group) is 1. The van der Waals surface area contributed by atoms with Crippen LogP contribution in [-0.4, -0.2) is 89.4 Å². The fourth-order valence-electron chi connectivity index (χ4n) is 8.17. The van der Waals surface area contributed by atoms with Crippen LogP contribution in [0.15, 0.2) is 6.07 Å². The predicted molar refractivity (Wildman–Crippen MR) is 147 cm³/mol. The van der Waals surface area contributed by atoms with E-state index in [4.69, 9.17) is 5.73 Å². The Bertz CT molecular complexity index is 1250. The van der Waals surface area contributed by atoms with Gasteiger partial charge in [-0.05, 0) is 68.8 Å². The lowest BCUT2D eigenvalue weighted by atomic mass is 9.52. The molecule has 0 radical (unpaired) electrons. The number of hydrogen-bond donors (Lipinski definition) is 4. The predicted octanol–water partition coefficient (Wildman–Crippen LogP) is 0.848. The molecule has 1 aromatic carbocycles. The van der Waals surface area contributed by atoms with Crippen LogP contribution in [0.1, 0.15) is 60.0 Å². The second-order valence-corrected chi connectivity index (χ2v) is 12.8. The second kappa shape index (κ2) is 10.2. The summed E-state index contributed by atoms with van der Waals surface area (Å²) in [5.74, 6) is -8.13. The molecule has 1 amide bonds. The number of aliphatic hydroxyl groups is 2. The molecule has 0 heterocycles. The van der Waals surface area contributed by atoms with E-state index in [0.29, 0.717) is 23.5 Å². The second-order valence-electron chi connectivity index (χ2n) is 12.8. The average molecular weight is 556 g/mol. The Morgan fingerprint density at radius 1 is 1.10 bits per heavy atom. The van der Waals surface area contributed by atoms with Crippen molar-refractivity contribution >= 4 is 28.9 Å². The SMILES string of the molecule is CN(C)c1cc(CCC2CCCC2)c(O)c2c1C[C@@H]1C[C@@H]3[C@@H](N(C)C)C(O)C(C(N)=O)C(=O)[C@]3(O)C(=O)C1C2=O. The van der Waals surface area contributed by atoms with Crippen LogP contribution in [0.4, 0.5) is 5.69 Å². The first-order valence-electron chi connectivity index (χ1n) is 14.3. The Kier molecular flexibility index (Phi) is 7.34. The van der Waals surface area contributed by atoms with Gasteiger partial charge in [-0.15, -0.1) is 0 Å². The zero-order valence-electron chi connectivity index (χ0n) is 23.7. The number of carbonyl (C=O) groups excluding carboxylic acids is 4. The highest BCUT2D eigenvalue weighted by molar-refractivity contribution is 6.25. The summed E-state index contributed by atoms with van der Waals surface area (Å²) in [7, 11) is 7.01. The largest absolute Gasteiger partial charge is 0.507 e. The van der Waals surface area contributed by atoms with Gasteiger partial charge in [-0.1, -0.05) is 25.7 Å². The third-order valence-corrected chi connectivity index (χ3v) is 10.1. The van der Waals surface area contributed by atoms with Crippen LogP contribution in [0.2, 0.25) is 0 Å². The molecule has 1 aromatic rings. The number of amides is 1. The maximum absolute atomic E-state index is 14.1. The first kappa shape index (κ1) is 28.7. The molecule has 10 nitrogen and oxygen atoms in total. The van der Waals surface area contributed by atoms with Crippen molar-refractivity contribution in [1.82, 2.24) is 4.90 Å². The highest BCUT2D eigenvalue weighted by Crippen LogP contribution is 2.53. The molecule has 4 aliphatic carbocycles. The van der Waals surface area contributed by atoms with E-state index in [9.17, 15) is 34.5 Å². The molecule has 3 saturated carbocycles. The third-order valence-electron chi connectivity index (χ3n) is 10.1. The summed E-state index contributed by atoms with van der Waals surface area (Å²) in [6.45, 7) is 0. The fourth-order valence-corrected chi connectivity index (χ4v) is 8.17. The quantitative estimate of drug-likeness (QED) is 0.373. The number of phenolic OH excluding ortho intramolecular Hbond substituents is 1. The maximum Gasteiger partial charge on any atom is 0.230 e. The van der Waals surface area contributed by atoms with Gasteiger partial charge in [-0.2, -0.15) is 0 Å². The number of aliphatic hydroxyl groups excluding tert-OH is 1. The highest BCUT2D eigenvalue weighted by Gasteiger charge is 2.69. The zero-order valence-corrected chi connectivity index (χ0v) is 23.7. The molecule has 7 atom stereocenters. The summed E-state index contributed by atoms with van der Waals surface area (Å²) in [6, 6.07) is 1.02. The van der Waals surface area contributed by atoms with Crippen molar-refractivity contribution in [3.05, 3.63) is 22.8 Å². The first-order chi connectivity index (χ1) is 18.8. The minimum Gasteiger partial charge on any atom is -0.507 e. The summed E-state index contributed by atoms with van der Waals surface area (Å²) in [6.07, 6.45) is 5.12. The number of aryl methyl sites for hydroxylation is 1. The number of Topliss-reactive ketones (excluding diaryl/α,β-unsaturated/α-hetero) is 3. The molecule has 5 N–H and O–H groups in total. The number of phenols is 1. The van der Waals surface area contributed by atoms with Crippen molar-refractivity contribution in [2.45, 2.75) is 69.1 Å². The Balaban J connectivity index is 1.59. The summed E-state index contributed by atoms with van der Waals surface area (Å²) in [5.41, 5.74) is 4.98. The van der Waals surface area contributed by atoms with Crippen LogP contribution in [0.5, 0.6) is 5.75 Å². The summed E-state index contributed by atoms with van der Waals surface area (Å²) in [4.78, 5) is 57.4. The van der Waals surface area contributed by atoms with Gasteiger partial charge in [0.15, 0.2) is 23.0 Å². The van der Waals surface area contributed by atoms with E-state index in [1.165, 1.54) is 12.8 Å². The van der Waals surface area contributed by atoms with Crippen LogP contribution < -0.4 is 10.6 Å². The fraction of sp³-hybridized carbons (Fsp3) is 0.667. The Morgan fingerprint density at radius 2 is 1.75 bits per heavy atom. The van der Waals surface area contributed by atoms with Gasteiger partial charge in [0.25, 0.3) is 0 Å². The molecule has 40 heavy (non-hydrogen) atoms. The number of primary amides is 1. The molecule has 10 heteroatoms. The Labute approximate surface area is 234 Å². The van der Waals surface area contributed by atoms with E-state index in [2.05, 4.69) is 0 Å². The smallest absolute Gasteiger partial charge is 0.230 e. The number of nitrogens with zero attached hydrogens (tertiary/aromatic N) is 2. The molecule has 3 fully saturated rings. The van der Waals surface area contributed by atoms with E-state index in [1.807, 2.05) is 25.1 Å². The minimum atomic E-state index is -2.65. The van der Waals surface area contributed by atoms with Gasteiger partial charge in [0.2, 0.25) is 5.91 Å². The van der Waals surface area contributed by atoms with E-state index >= 15 is 0 Å². The molecule has 0 aliphatic heterocycles. The van der Waals surface area contributed by atoms with E-state index < -0.39 is 64.7 Å². The van der Waals surface area contributed by atoms with E-state index in [0.717, 1.165) is 24.9 Å². The number of anilines is 1. The number of rotatable bonds is 6. The number of hydrogen-bond acceptors (Lipinski definition) is 9. The topological polar surface area (TPSA) is 161 Å². The molecule has 0 saturated heterocycles. The number of nitrogens with two attached hydrogens (primary N) is 1.